The summed E-state index contributed by atoms with van der Waals surface area (Å²) in [6.45, 7) is 4.15. The Labute approximate surface area is 125 Å². The fraction of sp³-hybridized carbons (Fsp3) is 0.200. The molecule has 0 aliphatic rings. The number of halogens is 2. The number of hydrogen-bond donors (Lipinski definition) is 1. The summed E-state index contributed by atoms with van der Waals surface area (Å²) in [7, 11) is 0. The average Bonchev–Trinajstić information content (AvgIpc) is 2.36. The van der Waals surface area contributed by atoms with Crippen molar-refractivity contribution in [3.8, 4) is 0 Å². The summed E-state index contributed by atoms with van der Waals surface area (Å²) in [5.74, 6) is 0. The second-order valence-corrected chi connectivity index (χ2v) is 6.22. The van der Waals surface area contributed by atoms with Crippen molar-refractivity contribution in [2.75, 3.05) is 5.73 Å². The fourth-order valence-corrected chi connectivity index (χ4v) is 2.80. The fourth-order valence-electron chi connectivity index (χ4n) is 1.97. The van der Waals surface area contributed by atoms with Crippen molar-refractivity contribution in [2.24, 2.45) is 0 Å². The lowest BCUT2D eigenvalue weighted by molar-refractivity contribution is 1.14. The van der Waals surface area contributed by atoms with Gasteiger partial charge in [0, 0.05) is 14.6 Å². The number of nitrogens with two attached hydrogens (primary N) is 1. The highest BCUT2D eigenvalue weighted by molar-refractivity contribution is 9.11. The van der Waals surface area contributed by atoms with E-state index in [1.165, 1.54) is 16.7 Å². The topological polar surface area (TPSA) is 26.0 Å². The van der Waals surface area contributed by atoms with E-state index in [2.05, 4.69) is 69.1 Å². The minimum atomic E-state index is 0.840. The van der Waals surface area contributed by atoms with Crippen molar-refractivity contribution in [1.82, 2.24) is 0 Å². The monoisotopic (exact) mass is 367 g/mol. The van der Waals surface area contributed by atoms with Crippen LogP contribution in [0.25, 0.3) is 0 Å². The molecule has 0 amide bonds. The zero-order valence-corrected chi connectivity index (χ0v) is 13.6. The first kappa shape index (κ1) is 13.6. The number of anilines is 1. The molecular weight excluding hydrogens is 354 g/mol. The van der Waals surface area contributed by atoms with Gasteiger partial charge in [0.1, 0.15) is 0 Å². The van der Waals surface area contributed by atoms with Crippen molar-refractivity contribution in [3.63, 3.8) is 0 Å². The zero-order valence-electron chi connectivity index (χ0n) is 10.4. The Bertz CT molecular complexity index is 574. The van der Waals surface area contributed by atoms with Crippen LogP contribution in [0.4, 0.5) is 5.69 Å². The van der Waals surface area contributed by atoms with E-state index in [-0.39, 0.29) is 0 Å². The molecule has 0 saturated carbocycles. The third-order valence-corrected chi connectivity index (χ3v) is 4.72. The Balaban J connectivity index is 2.38. The van der Waals surface area contributed by atoms with E-state index < -0.39 is 0 Å². The smallest absolute Gasteiger partial charge is 0.0491 e. The van der Waals surface area contributed by atoms with E-state index in [1.807, 2.05) is 6.92 Å². The molecule has 0 fully saturated rings. The van der Waals surface area contributed by atoms with Crippen LogP contribution in [0, 0.1) is 13.8 Å². The lowest BCUT2D eigenvalue weighted by Crippen LogP contribution is -1.99. The molecule has 2 N–H and O–H groups in total. The first-order chi connectivity index (χ1) is 8.49. The zero-order chi connectivity index (χ0) is 13.3. The molecule has 3 heteroatoms. The van der Waals surface area contributed by atoms with E-state index in [1.54, 1.807) is 0 Å². The van der Waals surface area contributed by atoms with Crippen LogP contribution in [-0.4, -0.2) is 0 Å². The summed E-state index contributed by atoms with van der Waals surface area (Å²) in [6.07, 6.45) is 0.929. The molecule has 2 aromatic carbocycles. The van der Waals surface area contributed by atoms with E-state index in [0.29, 0.717) is 0 Å². The van der Waals surface area contributed by atoms with Gasteiger partial charge in [-0.1, -0.05) is 34.1 Å². The van der Waals surface area contributed by atoms with Crippen LogP contribution in [0.1, 0.15) is 22.3 Å². The maximum atomic E-state index is 6.01. The van der Waals surface area contributed by atoms with E-state index in [0.717, 1.165) is 26.6 Å². The standard InChI is InChI=1S/C15H15Br2N/c1-9-7-12(10(2)14(17)15(9)18)8-11-3-5-13(16)6-4-11/h3-7H,8,18H2,1-2H3. The van der Waals surface area contributed by atoms with Crippen molar-refractivity contribution < 1.29 is 0 Å². The second-order valence-electron chi connectivity index (χ2n) is 4.51. The van der Waals surface area contributed by atoms with Gasteiger partial charge in [-0.05, 0) is 70.6 Å². The number of aryl methyl sites for hydroxylation is 1. The van der Waals surface area contributed by atoms with Gasteiger partial charge >= 0.3 is 0 Å². The Hall–Kier alpha value is -0.800. The Morgan fingerprint density at radius 3 is 2.28 bits per heavy atom. The predicted molar refractivity (Wildman–Crippen MR) is 85.0 cm³/mol. The van der Waals surface area contributed by atoms with Crippen LogP contribution in [0.2, 0.25) is 0 Å². The normalized spacial score (nSPS) is 10.7. The van der Waals surface area contributed by atoms with E-state index in [9.17, 15) is 0 Å². The van der Waals surface area contributed by atoms with Gasteiger partial charge in [0.05, 0.1) is 0 Å². The van der Waals surface area contributed by atoms with Crippen LogP contribution in [0.5, 0.6) is 0 Å². The van der Waals surface area contributed by atoms with Crippen LogP contribution in [0.3, 0.4) is 0 Å². The third-order valence-electron chi connectivity index (χ3n) is 3.17. The van der Waals surface area contributed by atoms with Crippen molar-refractivity contribution in [1.29, 1.82) is 0 Å². The van der Waals surface area contributed by atoms with Gasteiger partial charge in [0.15, 0.2) is 0 Å². The molecule has 2 aromatic rings. The van der Waals surface area contributed by atoms with Gasteiger partial charge in [-0.3, -0.25) is 0 Å². The molecule has 0 unspecified atom stereocenters. The molecular formula is C15H15Br2N. The average molecular weight is 369 g/mol. The van der Waals surface area contributed by atoms with Gasteiger partial charge in [-0.2, -0.15) is 0 Å². The third kappa shape index (κ3) is 2.78. The summed E-state index contributed by atoms with van der Waals surface area (Å²) in [6, 6.07) is 10.6. The van der Waals surface area contributed by atoms with Gasteiger partial charge in [0.25, 0.3) is 0 Å². The van der Waals surface area contributed by atoms with Crippen LogP contribution in [0.15, 0.2) is 39.3 Å². The lowest BCUT2D eigenvalue weighted by atomic mass is 9.97. The molecule has 0 spiro atoms. The van der Waals surface area contributed by atoms with Crippen molar-refractivity contribution in [2.45, 2.75) is 20.3 Å². The largest absolute Gasteiger partial charge is 0.398 e. The molecule has 1 nitrogen and oxygen atoms in total. The van der Waals surface area contributed by atoms with E-state index >= 15 is 0 Å². The SMILES string of the molecule is Cc1cc(Cc2ccc(Br)cc2)c(C)c(Br)c1N. The van der Waals surface area contributed by atoms with Gasteiger partial charge in [0.2, 0.25) is 0 Å². The highest BCUT2D eigenvalue weighted by Gasteiger charge is 2.09. The number of nitrogen functional groups attached to an aromatic ring is 1. The molecule has 0 radical (unpaired) electrons. The molecule has 0 aromatic heterocycles. The molecule has 0 aliphatic carbocycles. The first-order valence-electron chi connectivity index (χ1n) is 5.77. The molecule has 0 saturated heterocycles. The van der Waals surface area contributed by atoms with Gasteiger partial charge < -0.3 is 5.73 Å². The summed E-state index contributed by atoms with van der Waals surface area (Å²) < 4.78 is 2.13. The van der Waals surface area contributed by atoms with E-state index in [4.69, 9.17) is 5.73 Å². The van der Waals surface area contributed by atoms with Gasteiger partial charge in [-0.15, -0.1) is 0 Å². The minimum absolute atomic E-state index is 0.840. The molecule has 18 heavy (non-hydrogen) atoms. The molecule has 2 rings (SSSR count). The van der Waals surface area contributed by atoms with Gasteiger partial charge in [-0.25, -0.2) is 0 Å². The Morgan fingerprint density at radius 2 is 1.67 bits per heavy atom. The highest BCUT2D eigenvalue weighted by Crippen LogP contribution is 2.31. The van der Waals surface area contributed by atoms with Crippen LogP contribution < -0.4 is 5.73 Å². The van der Waals surface area contributed by atoms with Crippen LogP contribution >= 0.6 is 31.9 Å². The minimum Gasteiger partial charge on any atom is -0.398 e. The lowest BCUT2D eigenvalue weighted by Gasteiger charge is -2.13. The second kappa shape index (κ2) is 5.45. The number of benzene rings is 2. The first-order valence-corrected chi connectivity index (χ1v) is 7.36. The van der Waals surface area contributed by atoms with Crippen LogP contribution in [-0.2, 0) is 6.42 Å². The maximum absolute atomic E-state index is 6.01. The number of rotatable bonds is 2. The molecule has 0 aliphatic heterocycles. The Morgan fingerprint density at radius 1 is 1.06 bits per heavy atom. The summed E-state index contributed by atoms with van der Waals surface area (Å²) in [4.78, 5) is 0. The van der Waals surface area contributed by atoms with Crippen molar-refractivity contribution in [3.05, 3.63) is 61.5 Å². The van der Waals surface area contributed by atoms with Crippen molar-refractivity contribution >= 4 is 37.5 Å². The molecule has 0 bridgehead atoms. The summed E-state index contributed by atoms with van der Waals surface area (Å²) in [5, 5.41) is 0. The Kier molecular flexibility index (Phi) is 4.13. The summed E-state index contributed by atoms with van der Waals surface area (Å²) in [5.41, 5.74) is 11.8. The molecule has 0 heterocycles. The quantitative estimate of drug-likeness (QED) is 0.741. The molecule has 0 atom stereocenters. The molecule has 94 valence electrons. The summed E-state index contributed by atoms with van der Waals surface area (Å²) >= 11 is 7.03. The number of hydrogen-bond acceptors (Lipinski definition) is 1. The predicted octanol–water partition coefficient (Wildman–Crippen LogP) is 5.00. The highest BCUT2D eigenvalue weighted by atomic mass is 79.9. The maximum Gasteiger partial charge on any atom is 0.0491 e.